The maximum Gasteiger partial charge on any atom is 0.255 e. The van der Waals surface area contributed by atoms with E-state index in [4.69, 9.17) is 6.57 Å². The second-order valence-electron chi connectivity index (χ2n) is 25.2. The average Bonchev–Trinajstić information content (AvgIpc) is 0.815. The highest BCUT2D eigenvalue weighted by atomic mass is 19.1. The Labute approximate surface area is 608 Å². The predicted molar refractivity (Wildman–Crippen MR) is 426 cm³/mol. The third kappa shape index (κ3) is 18.7. The monoisotopic (exact) mass is 1370 g/mol. The lowest BCUT2D eigenvalue weighted by Crippen LogP contribution is -2.11. The average molecular weight is 1370 g/mol. The summed E-state index contributed by atoms with van der Waals surface area (Å²) in [7, 11) is 4.04. The van der Waals surface area contributed by atoms with E-state index < -0.39 is 0 Å². The summed E-state index contributed by atoms with van der Waals surface area (Å²) in [4.78, 5) is 56.9. The molecule has 0 bridgehead atoms. The van der Waals surface area contributed by atoms with E-state index in [-0.39, 0.29) is 23.5 Å². The molecule has 0 radical (unpaired) electrons. The van der Waals surface area contributed by atoms with E-state index in [9.17, 15) is 18.8 Å². The largest absolute Gasteiger partial charge is 0.378 e. The van der Waals surface area contributed by atoms with Crippen molar-refractivity contribution >= 4 is 113 Å². The normalized spacial score (nSPS) is 10.6. The Balaban J connectivity index is 0.000000140. The van der Waals surface area contributed by atoms with Crippen molar-refractivity contribution in [3.63, 3.8) is 0 Å². The molecule has 512 valence electrons. The van der Waals surface area contributed by atoms with Gasteiger partial charge in [0.2, 0.25) is 0 Å². The first-order chi connectivity index (χ1) is 51.4. The molecule has 0 saturated carbocycles. The van der Waals surface area contributed by atoms with Gasteiger partial charge in [0, 0.05) is 122 Å². The van der Waals surface area contributed by atoms with Crippen molar-refractivity contribution in [2.45, 2.75) is 19.3 Å². The minimum Gasteiger partial charge on any atom is -0.378 e. The Hall–Kier alpha value is -14.1. The van der Waals surface area contributed by atoms with Crippen LogP contribution < -0.4 is 36.8 Å². The fraction of sp³-hybridized carbons (Fsp3) is 0.0556. The van der Waals surface area contributed by atoms with Crippen molar-refractivity contribution in [1.82, 2.24) is 15.0 Å². The number of hydrogen-bond donors (Lipinski definition) is 6. The Bertz CT molecular complexity index is 5530. The van der Waals surface area contributed by atoms with E-state index in [2.05, 4.69) is 117 Å². The van der Waals surface area contributed by atoms with Crippen LogP contribution in [0.4, 0.5) is 67.0 Å². The van der Waals surface area contributed by atoms with Crippen molar-refractivity contribution in [2.75, 3.05) is 50.9 Å². The molecule has 0 aliphatic rings. The van der Waals surface area contributed by atoms with Gasteiger partial charge in [-0.2, -0.15) is 0 Å². The van der Waals surface area contributed by atoms with Gasteiger partial charge < -0.3 is 36.8 Å². The summed E-state index contributed by atoms with van der Waals surface area (Å²) in [6.07, 6.45) is 7.78. The molecule has 15 rings (SSSR count). The zero-order valence-electron chi connectivity index (χ0n) is 57.6. The topological polar surface area (TPSA) is 170 Å². The summed E-state index contributed by atoms with van der Waals surface area (Å²) in [5, 5.41) is 21.6. The molecule has 15 aromatic rings. The first kappa shape index (κ1) is 69.4. The Morgan fingerprint density at radius 3 is 0.990 bits per heavy atom. The van der Waals surface area contributed by atoms with Crippen molar-refractivity contribution in [1.29, 1.82) is 0 Å². The van der Waals surface area contributed by atoms with E-state index in [0.29, 0.717) is 33.3 Å². The quantitative estimate of drug-likeness (QED) is 0.0429. The second-order valence-corrected chi connectivity index (χ2v) is 25.2. The molecular formula is C90H72FN11O3. The van der Waals surface area contributed by atoms with Crippen LogP contribution in [0.15, 0.2) is 328 Å². The van der Waals surface area contributed by atoms with Gasteiger partial charge in [-0.15, -0.1) is 0 Å². The molecule has 3 amide bonds. The summed E-state index contributed by atoms with van der Waals surface area (Å²) in [6.45, 7) is 7.26. The first-order valence-electron chi connectivity index (χ1n) is 34.2. The number of hydrogen-bond acceptors (Lipinski definition) is 10. The Kier molecular flexibility index (Phi) is 22.1. The lowest BCUT2D eigenvalue weighted by atomic mass is 10.0. The highest BCUT2D eigenvalue weighted by Crippen LogP contribution is 2.32. The summed E-state index contributed by atoms with van der Waals surface area (Å²) in [5.41, 5.74) is 20.6. The van der Waals surface area contributed by atoms with Gasteiger partial charge in [0.1, 0.15) is 5.82 Å². The van der Waals surface area contributed by atoms with E-state index >= 15 is 0 Å². The van der Waals surface area contributed by atoms with Crippen LogP contribution in [0.1, 0.15) is 64.5 Å². The predicted octanol–water partition coefficient (Wildman–Crippen LogP) is 21.2. The lowest BCUT2D eigenvalue weighted by Gasteiger charge is -2.15. The molecule has 0 fully saturated rings. The van der Waals surface area contributed by atoms with E-state index in [1.165, 1.54) is 45.5 Å². The number of aromatic nitrogens is 3. The molecule has 0 aliphatic heterocycles. The van der Waals surface area contributed by atoms with Crippen molar-refractivity contribution < 1.29 is 18.8 Å². The number of carbonyl (C=O) groups excluding carboxylic acids is 3. The highest BCUT2D eigenvalue weighted by Gasteiger charge is 2.14. The molecule has 0 atom stereocenters. The molecule has 105 heavy (non-hydrogen) atoms. The van der Waals surface area contributed by atoms with Crippen LogP contribution >= 0.6 is 0 Å². The number of halogens is 1. The molecule has 6 N–H and O–H groups in total. The van der Waals surface area contributed by atoms with E-state index in [1.807, 2.05) is 208 Å². The number of pyridine rings is 3. The number of anilines is 10. The molecule has 0 unspecified atom stereocenters. The fourth-order valence-electron chi connectivity index (χ4n) is 11.9. The zero-order chi connectivity index (χ0) is 72.3. The number of nitrogens with one attached hydrogen (secondary N) is 6. The van der Waals surface area contributed by atoms with Crippen LogP contribution in [0.5, 0.6) is 0 Å². The number of benzene rings is 12. The van der Waals surface area contributed by atoms with Gasteiger partial charge in [0.15, 0.2) is 5.69 Å². The minimum absolute atomic E-state index is 0.137. The molecule has 0 saturated heterocycles. The minimum atomic E-state index is -0.316. The summed E-state index contributed by atoms with van der Waals surface area (Å²) in [6, 6.07) is 98.4. The SMILES string of the molecule is CN(C)c1ccc2nccc(Nc3ccc(C(=O)Nc4ccc(Cc5ccccc5)cc4)cc3)c2c1.O=C(Nc1ccc(Cc2ccccc2)cc1)c1ccc(Nc2ccnc3ccc(F)cc23)cc1.[C-]#[N+]c1ccc2nccc(Nc3ccc(C(=O)Nc4ccc(Cc5ccccc5)cc4)cc3)c2c1. The van der Waals surface area contributed by atoms with Gasteiger partial charge in [0.25, 0.3) is 17.7 Å². The van der Waals surface area contributed by atoms with Crippen LogP contribution in [0.2, 0.25) is 0 Å². The van der Waals surface area contributed by atoms with Gasteiger partial charge in [-0.1, -0.05) is 133 Å². The van der Waals surface area contributed by atoms with Crippen LogP contribution in [0.3, 0.4) is 0 Å². The second kappa shape index (κ2) is 33.4. The van der Waals surface area contributed by atoms with Crippen LogP contribution in [0.25, 0.3) is 37.6 Å². The summed E-state index contributed by atoms with van der Waals surface area (Å²) >= 11 is 0. The van der Waals surface area contributed by atoms with Crippen LogP contribution in [-0.2, 0) is 19.3 Å². The Morgan fingerprint density at radius 1 is 0.343 bits per heavy atom. The lowest BCUT2D eigenvalue weighted by molar-refractivity contribution is 0.101. The van der Waals surface area contributed by atoms with Gasteiger partial charge >= 0.3 is 0 Å². The summed E-state index contributed by atoms with van der Waals surface area (Å²) in [5.74, 6) is -0.798. The number of nitrogens with zero attached hydrogens (tertiary/aromatic N) is 5. The zero-order valence-corrected chi connectivity index (χ0v) is 57.6. The smallest absolute Gasteiger partial charge is 0.255 e. The van der Waals surface area contributed by atoms with Crippen LogP contribution in [-0.4, -0.2) is 46.8 Å². The standard InChI is InChI=1S/C31H28N4O.C30H22N4O.C29H22FN3O/c1-35(2)27-16-17-29-28(21-27)30(18-19-32-29)33-25-14-10-24(11-15-25)31(36)34-26-12-8-23(9-13-26)20-22-6-4-3-5-7-22;1-31-26-15-16-28-27(20-26)29(17-18-32-28)33-24-13-9-23(10-14-24)30(35)34-25-11-7-22(8-12-25)19-21-5-3-2-4-6-21;30-23-10-15-27-26(19-23)28(16-17-31-27)32-24-13-8-22(9-14-24)29(34)33-25-11-6-21(7-12-25)18-20-4-2-1-3-5-20/h3-19,21H,20H2,1-2H3,(H,32,33)(H,34,36);2-18,20H,19H2,(H,32,33)(H,34,35);1-17,19H,18H2,(H,31,32)(H,33,34). The van der Waals surface area contributed by atoms with E-state index in [1.54, 1.807) is 61.1 Å². The number of fused-ring (bicyclic) bond motifs is 3. The Morgan fingerprint density at radius 2 is 0.648 bits per heavy atom. The molecule has 15 heteroatoms. The maximum atomic E-state index is 13.7. The number of rotatable bonds is 19. The van der Waals surface area contributed by atoms with Gasteiger partial charge in [-0.05, 0) is 229 Å². The highest BCUT2D eigenvalue weighted by molar-refractivity contribution is 6.06. The van der Waals surface area contributed by atoms with Gasteiger partial charge in [-0.25, -0.2) is 9.24 Å². The number of carbonyl (C=O) groups is 3. The van der Waals surface area contributed by atoms with Gasteiger partial charge in [-0.3, -0.25) is 29.3 Å². The van der Waals surface area contributed by atoms with Crippen molar-refractivity contribution in [3.8, 4) is 0 Å². The molecule has 14 nitrogen and oxygen atoms in total. The molecule has 3 aromatic heterocycles. The third-order valence-corrected chi connectivity index (χ3v) is 17.5. The fourth-order valence-corrected chi connectivity index (χ4v) is 11.9. The summed E-state index contributed by atoms with van der Waals surface area (Å²) < 4.78 is 13.7. The van der Waals surface area contributed by atoms with Crippen molar-refractivity contribution in [2.24, 2.45) is 0 Å². The molecule has 0 aliphatic carbocycles. The first-order valence-corrected chi connectivity index (χ1v) is 34.2. The molecule has 3 heterocycles. The molecule has 12 aromatic carbocycles. The maximum absolute atomic E-state index is 13.7. The number of amides is 3. The van der Waals surface area contributed by atoms with Crippen molar-refractivity contribution in [3.05, 3.63) is 395 Å². The van der Waals surface area contributed by atoms with Crippen LogP contribution in [0, 0.1) is 12.4 Å². The molecule has 0 spiro atoms. The third-order valence-electron chi connectivity index (χ3n) is 17.5. The van der Waals surface area contributed by atoms with E-state index in [0.717, 1.165) is 97.9 Å². The molecular weight excluding hydrogens is 1300 g/mol. The van der Waals surface area contributed by atoms with Gasteiger partial charge in [0.05, 0.1) is 23.1 Å².